The maximum absolute atomic E-state index is 13.1. The lowest BCUT2D eigenvalue weighted by molar-refractivity contribution is -0.125. The number of carbonyl (C=O) groups is 1. The number of sulfonamides is 1. The van der Waals surface area contributed by atoms with Gasteiger partial charge in [-0.25, -0.2) is 8.42 Å². The molecule has 1 fully saturated rings. The second kappa shape index (κ2) is 7.73. The fourth-order valence-corrected chi connectivity index (χ4v) is 5.37. The molecule has 3 rings (SSSR count). The van der Waals surface area contributed by atoms with Crippen molar-refractivity contribution < 1.29 is 17.7 Å². The molecule has 1 aliphatic rings. The maximum atomic E-state index is 13.1. The van der Waals surface area contributed by atoms with Gasteiger partial charge in [0.2, 0.25) is 15.9 Å². The Hall–Kier alpha value is -1.97. The van der Waals surface area contributed by atoms with Gasteiger partial charge >= 0.3 is 0 Å². The molecule has 2 aromatic heterocycles. The average molecular weight is 396 g/mol. The minimum absolute atomic E-state index is 0.0391. The molecule has 0 unspecified atom stereocenters. The summed E-state index contributed by atoms with van der Waals surface area (Å²) in [7, 11) is -2.13. The van der Waals surface area contributed by atoms with Crippen molar-refractivity contribution in [3.63, 3.8) is 0 Å². The van der Waals surface area contributed by atoms with E-state index in [1.807, 2.05) is 23.6 Å². The third-order valence-corrected chi connectivity index (χ3v) is 7.34. The van der Waals surface area contributed by atoms with E-state index in [9.17, 15) is 13.2 Å². The van der Waals surface area contributed by atoms with Crippen molar-refractivity contribution in [3.05, 3.63) is 33.8 Å². The number of hydrogen-bond donors (Lipinski definition) is 1. The monoisotopic (exact) mass is 395 g/mol. The highest BCUT2D eigenvalue weighted by molar-refractivity contribution is 7.89. The summed E-state index contributed by atoms with van der Waals surface area (Å²) in [6.45, 7) is 2.23. The zero-order chi connectivity index (χ0) is 18.7. The first-order valence-corrected chi connectivity index (χ1v) is 10.6. The van der Waals surface area contributed by atoms with Crippen molar-refractivity contribution in [2.24, 2.45) is 5.92 Å². The van der Waals surface area contributed by atoms with E-state index in [1.165, 1.54) is 4.31 Å². The van der Waals surface area contributed by atoms with E-state index in [0.717, 1.165) is 4.88 Å². The van der Waals surface area contributed by atoms with Gasteiger partial charge in [0.05, 0.1) is 0 Å². The Morgan fingerprint density at radius 2 is 2.12 bits per heavy atom. The molecule has 1 amide bonds. The fourth-order valence-electron chi connectivity index (χ4n) is 3.03. The van der Waals surface area contributed by atoms with Gasteiger partial charge in [0.1, 0.15) is 5.69 Å². The molecule has 1 aliphatic heterocycles. The Balaban J connectivity index is 1.82. The fraction of sp³-hybridized carbons (Fsp3) is 0.412. The largest absolute Gasteiger partial charge is 0.359 e. The third-order valence-electron chi connectivity index (χ3n) is 4.44. The smallest absolute Gasteiger partial charge is 0.248 e. The second-order valence-electron chi connectivity index (χ2n) is 6.10. The molecule has 1 saturated heterocycles. The molecule has 140 valence electrons. The predicted molar refractivity (Wildman–Crippen MR) is 100 cm³/mol. The van der Waals surface area contributed by atoms with Crippen LogP contribution in [0.15, 0.2) is 26.9 Å². The first-order valence-electron chi connectivity index (χ1n) is 8.33. The highest BCUT2D eigenvalue weighted by atomic mass is 32.2. The zero-order valence-electron chi connectivity index (χ0n) is 14.6. The second-order valence-corrected chi connectivity index (χ2v) is 8.96. The van der Waals surface area contributed by atoms with Gasteiger partial charge in [0.25, 0.3) is 0 Å². The lowest BCUT2D eigenvalue weighted by Crippen LogP contribution is -2.42. The van der Waals surface area contributed by atoms with Crippen molar-refractivity contribution >= 4 is 39.4 Å². The summed E-state index contributed by atoms with van der Waals surface area (Å²) < 4.78 is 32.8. The van der Waals surface area contributed by atoms with Crippen molar-refractivity contribution in [3.8, 4) is 0 Å². The van der Waals surface area contributed by atoms with E-state index in [1.54, 1.807) is 31.4 Å². The summed E-state index contributed by atoms with van der Waals surface area (Å²) in [6.07, 6.45) is 4.45. The molecule has 0 aliphatic carbocycles. The van der Waals surface area contributed by atoms with Gasteiger partial charge in [-0.15, -0.1) is 11.3 Å². The van der Waals surface area contributed by atoms with E-state index in [2.05, 4.69) is 10.5 Å². The molecule has 1 N–H and O–H groups in total. The van der Waals surface area contributed by atoms with Crippen molar-refractivity contribution in [2.75, 3.05) is 20.1 Å². The Morgan fingerprint density at radius 3 is 2.73 bits per heavy atom. The molecule has 3 heterocycles. The first-order chi connectivity index (χ1) is 12.4. The van der Waals surface area contributed by atoms with Crippen LogP contribution in [0.25, 0.3) is 12.2 Å². The number of hydrogen-bond acceptors (Lipinski definition) is 6. The number of nitrogens with one attached hydrogen (secondary N) is 1. The van der Waals surface area contributed by atoms with Crippen molar-refractivity contribution in [1.82, 2.24) is 14.8 Å². The maximum Gasteiger partial charge on any atom is 0.248 e. The van der Waals surface area contributed by atoms with Crippen LogP contribution in [0.5, 0.6) is 0 Å². The van der Waals surface area contributed by atoms with E-state index in [0.29, 0.717) is 31.6 Å². The number of aryl methyl sites for hydroxylation is 1. The number of amides is 1. The van der Waals surface area contributed by atoms with E-state index in [4.69, 9.17) is 4.52 Å². The summed E-state index contributed by atoms with van der Waals surface area (Å²) in [5.41, 5.74) is 0.337. The van der Waals surface area contributed by atoms with Crippen LogP contribution < -0.4 is 5.32 Å². The summed E-state index contributed by atoms with van der Waals surface area (Å²) in [5.74, 6) is 0.0420. The molecule has 7 nitrogen and oxygen atoms in total. The standard InChI is InChI=1S/C17H21N3O4S2/c1-12-16(15(24-19-12)6-5-14-4-3-11-25-14)26(22,23)20-9-7-13(8-10-20)17(21)18-2/h3-6,11,13H,7-10H2,1-2H3,(H,18,21)/b6-5+. The van der Waals surface area contributed by atoms with Gasteiger partial charge in [0, 0.05) is 30.9 Å². The van der Waals surface area contributed by atoms with E-state index < -0.39 is 10.0 Å². The van der Waals surface area contributed by atoms with Crippen LogP contribution in [-0.4, -0.2) is 43.9 Å². The van der Waals surface area contributed by atoms with Crippen LogP contribution in [0.3, 0.4) is 0 Å². The molecule has 26 heavy (non-hydrogen) atoms. The molecule has 0 spiro atoms. The van der Waals surface area contributed by atoms with E-state index in [-0.39, 0.29) is 22.5 Å². The van der Waals surface area contributed by atoms with Gasteiger partial charge in [-0.05, 0) is 43.4 Å². The van der Waals surface area contributed by atoms with Gasteiger partial charge in [-0.1, -0.05) is 11.2 Å². The quantitative estimate of drug-likeness (QED) is 0.839. The van der Waals surface area contributed by atoms with Gasteiger partial charge in [-0.3, -0.25) is 4.79 Å². The molecule has 0 radical (unpaired) electrons. The normalized spacial score (nSPS) is 17.0. The van der Waals surface area contributed by atoms with Gasteiger partial charge in [-0.2, -0.15) is 4.31 Å². The van der Waals surface area contributed by atoms with Gasteiger partial charge < -0.3 is 9.84 Å². The zero-order valence-corrected chi connectivity index (χ0v) is 16.3. The van der Waals surface area contributed by atoms with Gasteiger partial charge in [0.15, 0.2) is 10.7 Å². The van der Waals surface area contributed by atoms with Crippen LogP contribution in [0.1, 0.15) is 29.2 Å². The Bertz CT molecular complexity index is 893. The number of piperidine rings is 1. The third kappa shape index (κ3) is 3.74. The SMILES string of the molecule is CNC(=O)C1CCN(S(=O)(=O)c2c(C)noc2/C=C/c2cccs2)CC1. The highest BCUT2D eigenvalue weighted by Crippen LogP contribution is 2.29. The molecule has 0 saturated carbocycles. The Morgan fingerprint density at radius 1 is 1.38 bits per heavy atom. The number of rotatable bonds is 5. The van der Waals surface area contributed by atoms with Crippen molar-refractivity contribution in [1.29, 1.82) is 0 Å². The number of carbonyl (C=O) groups excluding carboxylic acids is 1. The lowest BCUT2D eigenvalue weighted by atomic mass is 9.97. The van der Waals surface area contributed by atoms with Crippen LogP contribution >= 0.6 is 11.3 Å². The van der Waals surface area contributed by atoms with Crippen LogP contribution in [0, 0.1) is 12.8 Å². The summed E-state index contributed by atoms with van der Waals surface area (Å²) in [4.78, 5) is 12.8. The molecule has 9 heteroatoms. The molecule has 0 bridgehead atoms. The Labute approximate surface area is 156 Å². The van der Waals surface area contributed by atoms with Crippen LogP contribution in [-0.2, 0) is 14.8 Å². The lowest BCUT2D eigenvalue weighted by Gasteiger charge is -2.30. The number of nitrogens with zero attached hydrogens (tertiary/aromatic N) is 2. The van der Waals surface area contributed by atoms with Crippen molar-refractivity contribution in [2.45, 2.75) is 24.7 Å². The minimum atomic E-state index is -3.73. The topological polar surface area (TPSA) is 92.5 Å². The summed E-state index contributed by atoms with van der Waals surface area (Å²) in [5, 5.41) is 8.41. The molecule has 0 aromatic carbocycles. The summed E-state index contributed by atoms with van der Waals surface area (Å²) >= 11 is 1.55. The molecular formula is C17H21N3O4S2. The van der Waals surface area contributed by atoms with Crippen LogP contribution in [0.2, 0.25) is 0 Å². The highest BCUT2D eigenvalue weighted by Gasteiger charge is 2.35. The predicted octanol–water partition coefficient (Wildman–Crippen LogP) is 2.36. The molecule has 0 atom stereocenters. The molecule has 2 aromatic rings. The van der Waals surface area contributed by atoms with E-state index >= 15 is 0 Å². The summed E-state index contributed by atoms with van der Waals surface area (Å²) in [6, 6.07) is 3.85. The average Bonchev–Trinajstić information content (AvgIpc) is 3.29. The van der Waals surface area contributed by atoms with Crippen LogP contribution in [0.4, 0.5) is 0 Å². The Kier molecular flexibility index (Phi) is 5.59. The number of aromatic nitrogens is 1. The molecular weight excluding hydrogens is 374 g/mol. The first kappa shape index (κ1) is 18.8. The number of thiophene rings is 1. The minimum Gasteiger partial charge on any atom is -0.359 e.